The van der Waals surface area contributed by atoms with Crippen LogP contribution in [0.25, 0.3) is 0 Å². The fourth-order valence-corrected chi connectivity index (χ4v) is 2.28. The van der Waals surface area contributed by atoms with Gasteiger partial charge in [-0.05, 0) is 44.4 Å². The molecule has 0 unspecified atom stereocenters. The van der Waals surface area contributed by atoms with Gasteiger partial charge in [0.25, 0.3) is 0 Å². The lowest BCUT2D eigenvalue weighted by Gasteiger charge is -2.28. The molecule has 0 aliphatic heterocycles. The fourth-order valence-electron chi connectivity index (χ4n) is 2.28. The Bertz CT molecular complexity index is 230. The summed E-state index contributed by atoms with van der Waals surface area (Å²) in [6.07, 6.45) is 5.27. The third-order valence-electron chi connectivity index (χ3n) is 3.29. The zero-order valence-electron chi connectivity index (χ0n) is 6.93. The van der Waals surface area contributed by atoms with Gasteiger partial charge in [0.2, 0.25) is 0 Å². The standard InChI is InChI=1S/C10H13N/c1-7(6-11)10-4-8-2-3-9(8)5-10/h8-9H,2-5H2,1H3/b10-7-/t8-,9+/m1/s1. The van der Waals surface area contributed by atoms with Gasteiger partial charge in [0, 0.05) is 5.57 Å². The number of hydrogen-bond donors (Lipinski definition) is 0. The number of rotatable bonds is 0. The van der Waals surface area contributed by atoms with Crippen LogP contribution in [0, 0.1) is 23.2 Å². The van der Waals surface area contributed by atoms with E-state index >= 15 is 0 Å². The summed E-state index contributed by atoms with van der Waals surface area (Å²) < 4.78 is 0. The van der Waals surface area contributed by atoms with Crippen LogP contribution in [-0.4, -0.2) is 0 Å². The van der Waals surface area contributed by atoms with E-state index in [9.17, 15) is 0 Å². The van der Waals surface area contributed by atoms with Gasteiger partial charge in [-0.25, -0.2) is 0 Å². The van der Waals surface area contributed by atoms with Crippen molar-refractivity contribution >= 4 is 0 Å². The summed E-state index contributed by atoms with van der Waals surface area (Å²) in [7, 11) is 0. The molecule has 11 heavy (non-hydrogen) atoms. The van der Waals surface area contributed by atoms with Gasteiger partial charge in [-0.3, -0.25) is 0 Å². The van der Waals surface area contributed by atoms with Crippen molar-refractivity contribution in [3.63, 3.8) is 0 Å². The first-order valence-corrected chi connectivity index (χ1v) is 4.40. The van der Waals surface area contributed by atoms with E-state index in [0.717, 1.165) is 17.4 Å². The van der Waals surface area contributed by atoms with Gasteiger partial charge in [-0.1, -0.05) is 5.57 Å². The normalized spacial score (nSPS) is 38.9. The van der Waals surface area contributed by atoms with Crippen LogP contribution in [0.4, 0.5) is 0 Å². The van der Waals surface area contributed by atoms with Crippen LogP contribution in [-0.2, 0) is 0 Å². The largest absolute Gasteiger partial charge is 0.193 e. The molecule has 1 heteroatoms. The lowest BCUT2D eigenvalue weighted by Crippen LogP contribution is -2.18. The molecule has 0 bridgehead atoms. The molecule has 0 spiro atoms. The third-order valence-corrected chi connectivity index (χ3v) is 3.29. The highest BCUT2D eigenvalue weighted by molar-refractivity contribution is 5.29. The van der Waals surface area contributed by atoms with Gasteiger partial charge in [0.1, 0.15) is 0 Å². The quantitative estimate of drug-likeness (QED) is 0.483. The molecule has 2 rings (SSSR count). The van der Waals surface area contributed by atoms with Crippen molar-refractivity contribution in [3.05, 3.63) is 11.1 Å². The van der Waals surface area contributed by atoms with E-state index in [2.05, 4.69) is 6.07 Å². The Morgan fingerprint density at radius 2 is 1.91 bits per heavy atom. The SMILES string of the molecule is C/C(C#N)=C1\C[C@H]2CC[C@H]2C1. The smallest absolute Gasteiger partial charge is 0.0943 e. The van der Waals surface area contributed by atoms with Crippen molar-refractivity contribution in [2.45, 2.75) is 32.6 Å². The summed E-state index contributed by atoms with van der Waals surface area (Å²) in [5.74, 6) is 1.90. The van der Waals surface area contributed by atoms with Crippen LogP contribution in [0.3, 0.4) is 0 Å². The van der Waals surface area contributed by atoms with E-state index in [1.807, 2.05) is 6.92 Å². The molecule has 0 aromatic rings. The van der Waals surface area contributed by atoms with E-state index in [0.29, 0.717) is 0 Å². The second kappa shape index (κ2) is 2.37. The number of fused-ring (bicyclic) bond motifs is 1. The van der Waals surface area contributed by atoms with Gasteiger partial charge >= 0.3 is 0 Å². The summed E-state index contributed by atoms with van der Waals surface area (Å²) in [6, 6.07) is 2.26. The number of allylic oxidation sites excluding steroid dienone is 2. The van der Waals surface area contributed by atoms with Crippen LogP contribution in [0.5, 0.6) is 0 Å². The Hall–Kier alpha value is -0.770. The maximum absolute atomic E-state index is 8.68. The van der Waals surface area contributed by atoms with Gasteiger partial charge in [-0.2, -0.15) is 5.26 Å². The Kier molecular flexibility index (Phi) is 1.49. The number of hydrogen-bond acceptors (Lipinski definition) is 1. The predicted octanol–water partition coefficient (Wildman–Crippen LogP) is 2.65. The zero-order chi connectivity index (χ0) is 7.84. The second-order valence-corrected chi connectivity index (χ2v) is 3.85. The van der Waals surface area contributed by atoms with Crippen molar-refractivity contribution in [3.8, 4) is 6.07 Å². The average molecular weight is 147 g/mol. The van der Waals surface area contributed by atoms with Crippen LogP contribution in [0.2, 0.25) is 0 Å². The van der Waals surface area contributed by atoms with Gasteiger partial charge in [0.15, 0.2) is 0 Å². The number of nitriles is 1. The van der Waals surface area contributed by atoms with Gasteiger partial charge < -0.3 is 0 Å². The van der Waals surface area contributed by atoms with Crippen LogP contribution in [0.1, 0.15) is 32.6 Å². The molecule has 0 N–H and O–H groups in total. The second-order valence-electron chi connectivity index (χ2n) is 3.85. The first-order valence-electron chi connectivity index (χ1n) is 4.40. The summed E-state index contributed by atoms with van der Waals surface area (Å²) in [5, 5.41) is 8.68. The summed E-state index contributed by atoms with van der Waals surface area (Å²) in [6.45, 7) is 1.96. The molecule has 2 aliphatic carbocycles. The lowest BCUT2D eigenvalue weighted by atomic mass is 9.77. The maximum atomic E-state index is 8.68. The van der Waals surface area contributed by atoms with E-state index in [-0.39, 0.29) is 0 Å². The molecule has 0 aromatic carbocycles. The van der Waals surface area contributed by atoms with Crippen LogP contribution < -0.4 is 0 Å². The molecule has 0 amide bonds. The Balaban J connectivity index is 2.15. The first-order chi connectivity index (χ1) is 5.31. The van der Waals surface area contributed by atoms with Crippen LogP contribution >= 0.6 is 0 Å². The molecule has 0 saturated heterocycles. The zero-order valence-corrected chi connectivity index (χ0v) is 6.93. The van der Waals surface area contributed by atoms with Crippen molar-refractivity contribution in [1.29, 1.82) is 5.26 Å². The molecule has 2 saturated carbocycles. The summed E-state index contributed by atoms with van der Waals surface area (Å²) >= 11 is 0. The minimum atomic E-state index is 0.952. The fraction of sp³-hybridized carbons (Fsp3) is 0.700. The molecular weight excluding hydrogens is 134 g/mol. The van der Waals surface area contributed by atoms with Crippen LogP contribution in [0.15, 0.2) is 11.1 Å². The van der Waals surface area contributed by atoms with Crippen molar-refractivity contribution in [2.24, 2.45) is 11.8 Å². The van der Waals surface area contributed by atoms with Crippen molar-refractivity contribution in [2.75, 3.05) is 0 Å². The molecule has 1 nitrogen and oxygen atoms in total. The first kappa shape index (κ1) is 6.91. The number of nitrogens with zero attached hydrogens (tertiary/aromatic N) is 1. The highest BCUT2D eigenvalue weighted by Crippen LogP contribution is 2.49. The molecule has 0 radical (unpaired) electrons. The minimum absolute atomic E-state index is 0.952. The monoisotopic (exact) mass is 147 g/mol. The Labute approximate surface area is 67.7 Å². The predicted molar refractivity (Wildman–Crippen MR) is 43.8 cm³/mol. The Morgan fingerprint density at radius 1 is 1.36 bits per heavy atom. The van der Waals surface area contributed by atoms with E-state index in [1.165, 1.54) is 31.3 Å². The Morgan fingerprint density at radius 3 is 2.27 bits per heavy atom. The summed E-state index contributed by atoms with van der Waals surface area (Å²) in [4.78, 5) is 0. The van der Waals surface area contributed by atoms with Crippen molar-refractivity contribution in [1.82, 2.24) is 0 Å². The van der Waals surface area contributed by atoms with Gasteiger partial charge in [-0.15, -0.1) is 0 Å². The molecule has 58 valence electrons. The highest BCUT2D eigenvalue weighted by atomic mass is 14.4. The molecule has 2 fully saturated rings. The minimum Gasteiger partial charge on any atom is -0.193 e. The van der Waals surface area contributed by atoms with E-state index in [1.54, 1.807) is 0 Å². The average Bonchev–Trinajstić information content (AvgIpc) is 2.27. The maximum Gasteiger partial charge on any atom is 0.0943 e. The molecular formula is C10H13N. The topological polar surface area (TPSA) is 23.8 Å². The molecule has 0 aromatic heterocycles. The molecule has 2 atom stereocenters. The van der Waals surface area contributed by atoms with Crippen molar-refractivity contribution < 1.29 is 0 Å². The highest BCUT2D eigenvalue weighted by Gasteiger charge is 2.37. The van der Waals surface area contributed by atoms with Gasteiger partial charge in [0.05, 0.1) is 6.07 Å². The lowest BCUT2D eigenvalue weighted by molar-refractivity contribution is 0.219. The molecule has 0 heterocycles. The summed E-state index contributed by atoms with van der Waals surface area (Å²) in [5.41, 5.74) is 2.43. The molecule has 2 aliphatic rings. The van der Waals surface area contributed by atoms with E-state index < -0.39 is 0 Å². The third kappa shape index (κ3) is 0.976. The van der Waals surface area contributed by atoms with E-state index in [4.69, 9.17) is 5.26 Å².